The van der Waals surface area contributed by atoms with Crippen molar-refractivity contribution in [2.24, 2.45) is 0 Å². The Labute approximate surface area is 72.1 Å². The lowest BCUT2D eigenvalue weighted by atomic mass is 10.5. The number of aliphatic hydroxyl groups excluding tert-OH is 4. The molecule has 0 saturated heterocycles. The zero-order valence-corrected chi connectivity index (χ0v) is 6.93. The zero-order chi connectivity index (χ0) is 9.66. The van der Waals surface area contributed by atoms with Crippen LogP contribution in [0.5, 0.6) is 0 Å². The molecular formula is C8H16O4. The van der Waals surface area contributed by atoms with Crippen molar-refractivity contribution < 1.29 is 20.4 Å². The third-order valence-corrected chi connectivity index (χ3v) is 0.802. The number of rotatable bonds is 4. The average molecular weight is 176 g/mol. The Hall–Kier alpha value is -1.00. The molecule has 72 valence electrons. The topological polar surface area (TPSA) is 80.9 Å². The smallest absolute Gasteiger partial charge is 0.0752 e. The Bertz CT molecular complexity index is 95.6. The van der Waals surface area contributed by atoms with Crippen LogP contribution in [-0.2, 0) is 0 Å². The fraction of sp³-hybridized carbons (Fsp3) is 0.500. The van der Waals surface area contributed by atoms with Gasteiger partial charge >= 0.3 is 0 Å². The lowest BCUT2D eigenvalue weighted by Gasteiger charge is -1.76. The minimum atomic E-state index is 0.108. The molecule has 0 unspecified atom stereocenters. The van der Waals surface area contributed by atoms with Gasteiger partial charge < -0.3 is 20.4 Å². The summed E-state index contributed by atoms with van der Waals surface area (Å²) in [5.41, 5.74) is 0. The summed E-state index contributed by atoms with van der Waals surface area (Å²) in [6.45, 7) is 0.216. The first kappa shape index (κ1) is 13.6. The molecule has 0 aromatic heterocycles. The maximum Gasteiger partial charge on any atom is 0.0752 e. The summed E-state index contributed by atoms with van der Waals surface area (Å²) in [6, 6.07) is 0. The molecule has 4 heteroatoms. The van der Waals surface area contributed by atoms with E-state index in [0.717, 1.165) is 12.5 Å². The van der Waals surface area contributed by atoms with E-state index in [2.05, 4.69) is 0 Å². The molecule has 0 aromatic carbocycles. The van der Waals surface area contributed by atoms with Crippen LogP contribution in [0, 0.1) is 0 Å². The maximum absolute atomic E-state index is 8.04. The molecule has 0 amide bonds. The zero-order valence-electron chi connectivity index (χ0n) is 6.93. The summed E-state index contributed by atoms with van der Waals surface area (Å²) in [6.07, 6.45) is 5.90. The molecular weight excluding hydrogens is 160 g/mol. The van der Waals surface area contributed by atoms with E-state index in [0.29, 0.717) is 12.8 Å². The molecule has 0 fully saturated rings. The second-order valence-corrected chi connectivity index (χ2v) is 1.79. The first-order valence-electron chi connectivity index (χ1n) is 3.63. The van der Waals surface area contributed by atoms with Gasteiger partial charge in [-0.1, -0.05) is 0 Å². The standard InChI is InChI=1S/2C4H8O2/c2*5-3-1-2-4-6/h2*1,3,5-6H,2,4H2. The summed E-state index contributed by atoms with van der Waals surface area (Å²) in [7, 11) is 0. The number of hydrogen-bond donors (Lipinski definition) is 4. The Morgan fingerprint density at radius 3 is 1.17 bits per heavy atom. The molecule has 0 saturated carbocycles. The molecule has 0 spiro atoms. The van der Waals surface area contributed by atoms with Crippen LogP contribution in [0.1, 0.15) is 12.8 Å². The molecule has 0 aromatic rings. The van der Waals surface area contributed by atoms with Crippen molar-refractivity contribution in [1.82, 2.24) is 0 Å². The largest absolute Gasteiger partial charge is 0.516 e. The van der Waals surface area contributed by atoms with Crippen LogP contribution in [0.2, 0.25) is 0 Å². The molecule has 0 aliphatic carbocycles. The second-order valence-electron chi connectivity index (χ2n) is 1.79. The predicted octanol–water partition coefficient (Wildman–Crippen LogP) is 0.881. The summed E-state index contributed by atoms with van der Waals surface area (Å²) in [5, 5.41) is 31.9. The third kappa shape index (κ3) is 23.0. The average Bonchev–Trinajstić information content (AvgIpc) is 2.12. The third-order valence-electron chi connectivity index (χ3n) is 0.802. The van der Waals surface area contributed by atoms with Crippen molar-refractivity contribution in [3.05, 3.63) is 24.7 Å². The van der Waals surface area contributed by atoms with Gasteiger partial charge in [0.2, 0.25) is 0 Å². The molecule has 0 rings (SSSR count). The van der Waals surface area contributed by atoms with Gasteiger partial charge in [0.25, 0.3) is 0 Å². The van der Waals surface area contributed by atoms with Gasteiger partial charge in [-0.05, 0) is 25.0 Å². The van der Waals surface area contributed by atoms with Crippen molar-refractivity contribution in [1.29, 1.82) is 0 Å². The Morgan fingerprint density at radius 2 is 1.08 bits per heavy atom. The summed E-state index contributed by atoms with van der Waals surface area (Å²) in [4.78, 5) is 0. The van der Waals surface area contributed by atoms with E-state index in [1.54, 1.807) is 0 Å². The minimum Gasteiger partial charge on any atom is -0.516 e. The number of hydrogen-bond acceptors (Lipinski definition) is 4. The normalized spacial score (nSPS) is 10.2. The van der Waals surface area contributed by atoms with Gasteiger partial charge in [-0.25, -0.2) is 0 Å². The molecule has 0 radical (unpaired) electrons. The molecule has 0 heterocycles. The molecule has 4 N–H and O–H groups in total. The fourth-order valence-electron chi connectivity index (χ4n) is 0.298. The second kappa shape index (κ2) is 16.5. The Morgan fingerprint density at radius 1 is 0.750 bits per heavy atom. The van der Waals surface area contributed by atoms with Crippen molar-refractivity contribution in [3.8, 4) is 0 Å². The molecule has 0 atom stereocenters. The lowest BCUT2D eigenvalue weighted by Crippen LogP contribution is -1.73. The highest BCUT2D eigenvalue weighted by Crippen LogP contribution is 1.74. The van der Waals surface area contributed by atoms with Crippen LogP contribution in [0.15, 0.2) is 24.7 Å². The van der Waals surface area contributed by atoms with Crippen LogP contribution in [-0.4, -0.2) is 33.6 Å². The number of aliphatic hydroxyl groups is 4. The SMILES string of the molecule is OC=CCCO.OC=CCCO. The van der Waals surface area contributed by atoms with E-state index in [9.17, 15) is 0 Å². The van der Waals surface area contributed by atoms with E-state index in [4.69, 9.17) is 20.4 Å². The van der Waals surface area contributed by atoms with Crippen LogP contribution < -0.4 is 0 Å². The van der Waals surface area contributed by atoms with E-state index in [1.165, 1.54) is 12.2 Å². The van der Waals surface area contributed by atoms with Gasteiger partial charge in [-0.2, -0.15) is 0 Å². The van der Waals surface area contributed by atoms with Gasteiger partial charge in [-0.3, -0.25) is 0 Å². The maximum atomic E-state index is 8.04. The van der Waals surface area contributed by atoms with E-state index >= 15 is 0 Å². The lowest BCUT2D eigenvalue weighted by molar-refractivity contribution is 0.301. The fourth-order valence-corrected chi connectivity index (χ4v) is 0.298. The first-order valence-corrected chi connectivity index (χ1v) is 3.63. The van der Waals surface area contributed by atoms with Gasteiger partial charge in [0.1, 0.15) is 0 Å². The van der Waals surface area contributed by atoms with Crippen molar-refractivity contribution >= 4 is 0 Å². The Kier molecular flexibility index (Phi) is 18.7. The molecule has 4 nitrogen and oxygen atoms in total. The van der Waals surface area contributed by atoms with E-state index in [1.807, 2.05) is 0 Å². The van der Waals surface area contributed by atoms with Crippen molar-refractivity contribution in [3.63, 3.8) is 0 Å². The quantitative estimate of drug-likeness (QED) is 0.479. The monoisotopic (exact) mass is 176 g/mol. The highest BCUT2D eigenvalue weighted by Gasteiger charge is 1.67. The molecule has 12 heavy (non-hydrogen) atoms. The summed E-state index contributed by atoms with van der Waals surface area (Å²) in [5.74, 6) is 0. The van der Waals surface area contributed by atoms with Crippen LogP contribution in [0.25, 0.3) is 0 Å². The summed E-state index contributed by atoms with van der Waals surface area (Å²) < 4.78 is 0. The van der Waals surface area contributed by atoms with Gasteiger partial charge in [0, 0.05) is 13.2 Å². The van der Waals surface area contributed by atoms with Gasteiger partial charge in [0.15, 0.2) is 0 Å². The van der Waals surface area contributed by atoms with Crippen LogP contribution in [0.4, 0.5) is 0 Å². The highest BCUT2D eigenvalue weighted by molar-refractivity contribution is 4.69. The van der Waals surface area contributed by atoms with Gasteiger partial charge in [-0.15, -0.1) is 0 Å². The van der Waals surface area contributed by atoms with Crippen LogP contribution in [0.3, 0.4) is 0 Å². The van der Waals surface area contributed by atoms with Crippen molar-refractivity contribution in [2.75, 3.05) is 13.2 Å². The Balaban J connectivity index is 0. The minimum absolute atomic E-state index is 0.108. The molecule has 0 bridgehead atoms. The summed E-state index contributed by atoms with van der Waals surface area (Å²) >= 11 is 0. The van der Waals surface area contributed by atoms with Crippen molar-refractivity contribution in [2.45, 2.75) is 12.8 Å². The highest BCUT2D eigenvalue weighted by atomic mass is 16.3. The molecule has 0 aliphatic heterocycles. The predicted molar refractivity (Wildman–Crippen MR) is 46.9 cm³/mol. The molecule has 0 aliphatic rings. The van der Waals surface area contributed by atoms with Crippen LogP contribution >= 0.6 is 0 Å². The van der Waals surface area contributed by atoms with Gasteiger partial charge in [0.05, 0.1) is 12.5 Å². The van der Waals surface area contributed by atoms with E-state index in [-0.39, 0.29) is 13.2 Å². The van der Waals surface area contributed by atoms with E-state index < -0.39 is 0 Å². The first-order chi connectivity index (χ1) is 5.83.